The summed E-state index contributed by atoms with van der Waals surface area (Å²) in [5, 5.41) is 4.58. The van der Waals surface area contributed by atoms with E-state index in [1.165, 1.54) is 13.0 Å². The van der Waals surface area contributed by atoms with Crippen LogP contribution in [-0.4, -0.2) is 30.3 Å². The largest absolute Gasteiger partial charge is 0.416 e. The van der Waals surface area contributed by atoms with E-state index in [0.717, 1.165) is 18.2 Å². The molecular formula is C17H24ClF3N4O3. The molecule has 0 aliphatic carbocycles. The van der Waals surface area contributed by atoms with Crippen molar-refractivity contribution in [2.75, 3.05) is 6.54 Å². The number of carbonyl (C=O) groups excluding carboxylic acids is 3. The summed E-state index contributed by atoms with van der Waals surface area (Å²) in [5.41, 5.74) is 7.93. The van der Waals surface area contributed by atoms with Gasteiger partial charge in [0.15, 0.2) is 0 Å². The van der Waals surface area contributed by atoms with E-state index in [2.05, 4.69) is 10.6 Å². The maximum absolute atomic E-state index is 12.9. The summed E-state index contributed by atoms with van der Waals surface area (Å²) < 4.78 is 38.7. The van der Waals surface area contributed by atoms with Crippen molar-refractivity contribution in [3.05, 3.63) is 35.4 Å². The monoisotopic (exact) mass is 424 g/mol. The van der Waals surface area contributed by atoms with Crippen LogP contribution in [0.15, 0.2) is 24.3 Å². The molecule has 6 N–H and O–H groups in total. The average molecular weight is 425 g/mol. The molecule has 0 aliphatic heterocycles. The molecule has 0 heterocycles. The van der Waals surface area contributed by atoms with Crippen LogP contribution in [0, 0.1) is 5.92 Å². The van der Waals surface area contributed by atoms with Gasteiger partial charge in [0.05, 0.1) is 18.2 Å². The molecule has 1 rings (SSSR count). The highest BCUT2D eigenvalue weighted by Gasteiger charge is 2.38. The predicted molar refractivity (Wildman–Crippen MR) is 99.2 cm³/mol. The molecule has 158 valence electrons. The molecule has 3 amide bonds. The molecule has 0 bridgehead atoms. The molecule has 28 heavy (non-hydrogen) atoms. The molecule has 11 heteroatoms. The van der Waals surface area contributed by atoms with Crippen LogP contribution in [0.25, 0.3) is 0 Å². The van der Waals surface area contributed by atoms with E-state index in [9.17, 15) is 27.6 Å². The van der Waals surface area contributed by atoms with Gasteiger partial charge in [0, 0.05) is 0 Å². The van der Waals surface area contributed by atoms with Crippen molar-refractivity contribution in [1.29, 1.82) is 0 Å². The number of primary amides is 1. The molecule has 1 aromatic carbocycles. The summed E-state index contributed by atoms with van der Waals surface area (Å²) in [6.07, 6.45) is -4.63. The van der Waals surface area contributed by atoms with E-state index >= 15 is 0 Å². The van der Waals surface area contributed by atoms with Gasteiger partial charge in [-0.2, -0.15) is 13.2 Å². The molecule has 0 aliphatic rings. The van der Waals surface area contributed by atoms with Gasteiger partial charge in [0.25, 0.3) is 0 Å². The van der Waals surface area contributed by atoms with Gasteiger partial charge in [-0.25, -0.2) is 0 Å². The van der Waals surface area contributed by atoms with E-state index < -0.39 is 47.6 Å². The number of halogens is 4. The normalized spacial score (nSPS) is 14.4. The lowest BCUT2D eigenvalue weighted by Crippen LogP contribution is -2.55. The second-order valence-electron chi connectivity index (χ2n) is 6.60. The third-order valence-electron chi connectivity index (χ3n) is 4.09. The van der Waals surface area contributed by atoms with E-state index in [1.807, 2.05) is 0 Å². The number of amides is 3. The van der Waals surface area contributed by atoms with Crippen LogP contribution in [0.1, 0.15) is 31.9 Å². The second-order valence-corrected chi connectivity index (χ2v) is 6.60. The molecule has 0 fully saturated rings. The summed E-state index contributed by atoms with van der Waals surface area (Å²) in [4.78, 5) is 35.8. The van der Waals surface area contributed by atoms with Crippen LogP contribution < -0.4 is 22.1 Å². The lowest BCUT2D eigenvalue weighted by molar-refractivity contribution is -0.138. The number of benzene rings is 1. The van der Waals surface area contributed by atoms with Gasteiger partial charge < -0.3 is 22.1 Å². The second kappa shape index (κ2) is 9.74. The zero-order valence-corrected chi connectivity index (χ0v) is 16.4. The Morgan fingerprint density at radius 1 is 1.14 bits per heavy atom. The summed E-state index contributed by atoms with van der Waals surface area (Å²) in [6, 6.07) is 3.09. The van der Waals surface area contributed by atoms with Crippen LogP contribution >= 0.6 is 12.4 Å². The number of rotatable bonds is 7. The lowest BCUT2D eigenvalue weighted by atomic mass is 9.89. The minimum absolute atomic E-state index is 0. The van der Waals surface area contributed by atoms with Crippen LogP contribution in [-0.2, 0) is 26.1 Å². The molecule has 1 aromatic rings. The first-order valence-electron chi connectivity index (χ1n) is 8.11. The van der Waals surface area contributed by atoms with Gasteiger partial charge in [0.1, 0.15) is 5.54 Å². The fourth-order valence-electron chi connectivity index (χ4n) is 2.19. The summed E-state index contributed by atoms with van der Waals surface area (Å²) >= 11 is 0. The Balaban J connectivity index is 0.00000729. The highest BCUT2D eigenvalue weighted by molar-refractivity contribution is 5.93. The predicted octanol–water partition coefficient (Wildman–Crippen LogP) is 1.04. The van der Waals surface area contributed by atoms with Crippen molar-refractivity contribution >= 4 is 30.1 Å². The van der Waals surface area contributed by atoms with Crippen molar-refractivity contribution < 1.29 is 27.6 Å². The molecule has 0 saturated heterocycles. The van der Waals surface area contributed by atoms with Crippen molar-refractivity contribution in [2.24, 2.45) is 17.4 Å². The number of nitrogens with one attached hydrogen (secondary N) is 2. The van der Waals surface area contributed by atoms with Crippen LogP contribution in [0.4, 0.5) is 13.2 Å². The first-order valence-corrected chi connectivity index (χ1v) is 8.11. The number of hydrogen-bond donors (Lipinski definition) is 4. The van der Waals surface area contributed by atoms with Gasteiger partial charge in [-0.15, -0.1) is 12.4 Å². The van der Waals surface area contributed by atoms with Crippen molar-refractivity contribution in [2.45, 2.75) is 38.5 Å². The number of alkyl halides is 3. The SMILES string of the molecule is CC(C)[C@H](N)C(=O)NCC(=O)NC(C)(C(N)=O)c1cccc(C(F)(F)F)c1.Cl. The van der Waals surface area contributed by atoms with Crippen LogP contribution in [0.2, 0.25) is 0 Å². The van der Waals surface area contributed by atoms with Crippen molar-refractivity contribution in [3.8, 4) is 0 Å². The van der Waals surface area contributed by atoms with Gasteiger partial charge in [-0.05, 0) is 30.5 Å². The smallest absolute Gasteiger partial charge is 0.367 e. The van der Waals surface area contributed by atoms with Crippen molar-refractivity contribution in [1.82, 2.24) is 10.6 Å². The molecule has 2 atom stereocenters. The molecule has 7 nitrogen and oxygen atoms in total. The summed E-state index contributed by atoms with van der Waals surface area (Å²) in [7, 11) is 0. The van der Waals surface area contributed by atoms with Gasteiger partial charge in [-0.3, -0.25) is 14.4 Å². The van der Waals surface area contributed by atoms with Crippen LogP contribution in [0.5, 0.6) is 0 Å². The van der Waals surface area contributed by atoms with E-state index in [0.29, 0.717) is 0 Å². The first-order chi connectivity index (χ1) is 12.3. The standard InChI is InChI=1S/C17H23F3N4O3.ClH/c1-9(2)13(21)14(26)23-8-12(25)24-16(3,15(22)27)10-5-4-6-11(7-10)17(18,19)20;/h4-7,9,13H,8,21H2,1-3H3,(H2,22,27)(H,23,26)(H,24,25);1H/t13-,16?;/m0./s1. The minimum Gasteiger partial charge on any atom is -0.367 e. The maximum atomic E-state index is 12.9. The van der Waals surface area contributed by atoms with Gasteiger partial charge in [-0.1, -0.05) is 26.0 Å². The topological polar surface area (TPSA) is 127 Å². The van der Waals surface area contributed by atoms with Crippen molar-refractivity contribution in [3.63, 3.8) is 0 Å². The maximum Gasteiger partial charge on any atom is 0.416 e. The molecule has 0 radical (unpaired) electrons. The average Bonchev–Trinajstić information content (AvgIpc) is 2.57. The summed E-state index contributed by atoms with van der Waals surface area (Å²) in [5.74, 6) is -2.59. The lowest BCUT2D eigenvalue weighted by Gasteiger charge is -2.29. The Morgan fingerprint density at radius 3 is 2.14 bits per heavy atom. The van der Waals surface area contributed by atoms with E-state index in [4.69, 9.17) is 11.5 Å². The highest BCUT2D eigenvalue weighted by atomic mass is 35.5. The highest BCUT2D eigenvalue weighted by Crippen LogP contribution is 2.32. The molecular weight excluding hydrogens is 401 g/mol. The zero-order valence-electron chi connectivity index (χ0n) is 15.6. The first kappa shape index (κ1) is 25.7. The van der Waals surface area contributed by atoms with E-state index in [-0.39, 0.29) is 23.9 Å². The molecule has 0 saturated carbocycles. The Kier molecular flexibility index (Phi) is 8.93. The molecule has 1 unspecified atom stereocenters. The number of carbonyl (C=O) groups is 3. The van der Waals surface area contributed by atoms with Gasteiger partial charge >= 0.3 is 6.18 Å². The number of hydrogen-bond acceptors (Lipinski definition) is 4. The van der Waals surface area contributed by atoms with Gasteiger partial charge in [0.2, 0.25) is 17.7 Å². The zero-order chi connectivity index (χ0) is 21.0. The molecule has 0 spiro atoms. The fourth-order valence-corrected chi connectivity index (χ4v) is 2.19. The third kappa shape index (κ3) is 6.38. The molecule has 0 aromatic heterocycles. The van der Waals surface area contributed by atoms with Crippen LogP contribution in [0.3, 0.4) is 0 Å². The Labute approximate surface area is 166 Å². The Morgan fingerprint density at radius 2 is 1.68 bits per heavy atom. The minimum atomic E-state index is -4.63. The Bertz CT molecular complexity index is 728. The number of nitrogens with two attached hydrogens (primary N) is 2. The quantitative estimate of drug-likeness (QED) is 0.521. The fraction of sp³-hybridized carbons (Fsp3) is 0.471. The summed E-state index contributed by atoms with van der Waals surface area (Å²) in [6.45, 7) is 4.12. The third-order valence-corrected chi connectivity index (χ3v) is 4.09. The van der Waals surface area contributed by atoms with E-state index in [1.54, 1.807) is 13.8 Å². The Hall–Kier alpha value is -2.33.